The van der Waals surface area contributed by atoms with Crippen LogP contribution in [0.1, 0.15) is 36.3 Å². The maximum atomic E-state index is 11.7. The van der Waals surface area contributed by atoms with Crippen LogP contribution >= 0.6 is 0 Å². The number of benzene rings is 2. The minimum atomic E-state index is -1.01. The number of amides is 1. The van der Waals surface area contributed by atoms with Crippen molar-refractivity contribution >= 4 is 11.8 Å². The third-order valence-electron chi connectivity index (χ3n) is 7.10. The van der Waals surface area contributed by atoms with Gasteiger partial charge in [-0.2, -0.15) is 5.10 Å². The number of nitro groups is 1. The van der Waals surface area contributed by atoms with Crippen molar-refractivity contribution in [2.24, 2.45) is 5.92 Å². The minimum absolute atomic E-state index is 0.00680. The van der Waals surface area contributed by atoms with Gasteiger partial charge in [-0.3, -0.25) is 14.8 Å². The monoisotopic (exact) mass is 518 g/mol. The molecule has 3 aromatic rings. The first kappa shape index (κ1) is 27.0. The Morgan fingerprint density at radius 1 is 1.16 bits per heavy atom. The van der Waals surface area contributed by atoms with Gasteiger partial charge in [0.1, 0.15) is 12.7 Å². The molecule has 2 aromatic carbocycles. The first-order valence-electron chi connectivity index (χ1n) is 13.0. The predicted molar refractivity (Wildman–Crippen MR) is 144 cm³/mol. The summed E-state index contributed by atoms with van der Waals surface area (Å²) in [6, 6.07) is 16.6. The molecule has 0 aliphatic carbocycles. The van der Waals surface area contributed by atoms with E-state index in [0.717, 1.165) is 51.0 Å². The molecule has 1 saturated heterocycles. The van der Waals surface area contributed by atoms with Crippen LogP contribution < -0.4 is 0 Å². The van der Waals surface area contributed by atoms with E-state index in [1.54, 1.807) is 24.8 Å². The van der Waals surface area contributed by atoms with Crippen LogP contribution in [-0.2, 0) is 13.1 Å². The minimum Gasteiger partial charge on any atom is -0.465 e. The topological polar surface area (TPSA) is 118 Å². The number of piperidine rings is 1. The predicted octanol–water partition coefficient (Wildman–Crippen LogP) is 4.81. The molecule has 4 rings (SSSR count). The van der Waals surface area contributed by atoms with Gasteiger partial charge in [-0.05, 0) is 55.9 Å². The average Bonchev–Trinajstić information content (AvgIpc) is 3.45. The summed E-state index contributed by atoms with van der Waals surface area (Å²) >= 11 is 0. The molecule has 1 unspecified atom stereocenters. The zero-order chi connectivity index (χ0) is 26.7. The summed E-state index contributed by atoms with van der Waals surface area (Å²) in [5, 5.41) is 24.7. The van der Waals surface area contributed by atoms with E-state index in [0.29, 0.717) is 11.8 Å². The molecule has 10 nitrogen and oxygen atoms in total. The molecule has 2 heterocycles. The van der Waals surface area contributed by atoms with Crippen LogP contribution in [0.5, 0.6) is 0 Å². The van der Waals surface area contributed by atoms with Crippen molar-refractivity contribution in [2.75, 3.05) is 26.2 Å². The lowest BCUT2D eigenvalue weighted by molar-refractivity contribution is -0.384. The second kappa shape index (κ2) is 13.5. The third-order valence-corrected chi connectivity index (χ3v) is 7.10. The molecule has 200 valence electrons. The Morgan fingerprint density at radius 3 is 2.53 bits per heavy atom. The van der Waals surface area contributed by atoms with Gasteiger partial charge in [-0.15, -0.1) is 0 Å². The number of rotatable bonds is 12. The Balaban J connectivity index is 1.22. The first-order valence-corrected chi connectivity index (χ1v) is 13.0. The molecule has 1 aliphatic rings. The number of non-ortho nitro benzene ring substituents is 1. The normalized spacial score (nSPS) is 15.5. The zero-order valence-corrected chi connectivity index (χ0v) is 21.4. The van der Waals surface area contributed by atoms with Crippen molar-refractivity contribution in [3.05, 3.63) is 101 Å². The maximum absolute atomic E-state index is 11.7. The number of carboxylic acid groups (broad SMARTS) is 1. The molecule has 1 aliphatic heterocycles. The fraction of sp³-hybridized carbons (Fsp3) is 0.393. The Bertz CT molecular complexity index is 1180. The van der Waals surface area contributed by atoms with Crippen LogP contribution in [0.3, 0.4) is 0 Å². The van der Waals surface area contributed by atoms with Crippen molar-refractivity contribution < 1.29 is 14.8 Å². The first-order chi connectivity index (χ1) is 18.5. The van der Waals surface area contributed by atoms with Gasteiger partial charge in [0.25, 0.3) is 5.69 Å². The van der Waals surface area contributed by atoms with Gasteiger partial charge in [0.15, 0.2) is 0 Å². The van der Waals surface area contributed by atoms with Crippen LogP contribution in [0.25, 0.3) is 0 Å². The van der Waals surface area contributed by atoms with E-state index in [1.165, 1.54) is 22.6 Å². The maximum Gasteiger partial charge on any atom is 0.407 e. The Labute approximate surface area is 222 Å². The third kappa shape index (κ3) is 7.97. The van der Waals surface area contributed by atoms with Crippen LogP contribution in [0.2, 0.25) is 0 Å². The molecule has 1 fully saturated rings. The summed E-state index contributed by atoms with van der Waals surface area (Å²) in [5.41, 5.74) is 2.03. The highest BCUT2D eigenvalue weighted by Crippen LogP contribution is 2.24. The smallest absolute Gasteiger partial charge is 0.407 e. The summed E-state index contributed by atoms with van der Waals surface area (Å²) in [7, 11) is 0. The molecular weight excluding hydrogens is 484 g/mol. The number of nitro benzene ring substituents is 1. The van der Waals surface area contributed by atoms with E-state index >= 15 is 0 Å². The van der Waals surface area contributed by atoms with Crippen LogP contribution in [0.4, 0.5) is 10.5 Å². The second-order valence-electron chi connectivity index (χ2n) is 9.71. The lowest BCUT2D eigenvalue weighted by atomic mass is 9.93. The molecule has 10 heteroatoms. The van der Waals surface area contributed by atoms with E-state index in [4.69, 9.17) is 0 Å². The molecule has 0 saturated carbocycles. The van der Waals surface area contributed by atoms with Crippen LogP contribution in [0, 0.1) is 16.0 Å². The number of hydrogen-bond acceptors (Lipinski definition) is 6. The van der Waals surface area contributed by atoms with Gasteiger partial charge in [0, 0.05) is 37.7 Å². The van der Waals surface area contributed by atoms with Gasteiger partial charge >= 0.3 is 6.09 Å². The number of nitrogens with zero attached hydrogens (tertiary/aromatic N) is 6. The molecule has 0 spiro atoms. The van der Waals surface area contributed by atoms with Crippen molar-refractivity contribution in [2.45, 2.75) is 38.3 Å². The van der Waals surface area contributed by atoms with E-state index in [1.807, 2.05) is 16.8 Å². The molecule has 1 atom stereocenters. The lowest BCUT2D eigenvalue weighted by Gasteiger charge is -2.32. The molecule has 0 radical (unpaired) electrons. The number of likely N-dealkylation sites (tertiary alicyclic amines) is 1. The number of hydrogen-bond donors (Lipinski definition) is 1. The SMILES string of the molecule is O=C(O)N(CC=CC1CCN(CCC(Cn2cncn2)c2ccccc2)CC1)Cc1ccc([N+](=O)[O-])cc1. The molecule has 0 bridgehead atoms. The number of aromatic nitrogens is 3. The van der Waals surface area contributed by atoms with Gasteiger partial charge < -0.3 is 14.9 Å². The molecular formula is C28H34N6O4. The Hall–Kier alpha value is -4.05. The van der Waals surface area contributed by atoms with Gasteiger partial charge in [-0.25, -0.2) is 9.78 Å². The largest absolute Gasteiger partial charge is 0.465 e. The number of carbonyl (C=O) groups is 1. The van der Waals surface area contributed by atoms with Crippen molar-refractivity contribution in [1.29, 1.82) is 0 Å². The Kier molecular flexibility index (Phi) is 9.58. The fourth-order valence-corrected chi connectivity index (χ4v) is 4.88. The summed E-state index contributed by atoms with van der Waals surface area (Å²) in [5.74, 6) is 0.801. The van der Waals surface area contributed by atoms with E-state index in [-0.39, 0.29) is 18.8 Å². The van der Waals surface area contributed by atoms with Crippen LogP contribution in [-0.4, -0.2) is 66.9 Å². The zero-order valence-electron chi connectivity index (χ0n) is 21.4. The highest BCUT2D eigenvalue weighted by Gasteiger charge is 2.20. The standard InChI is InChI=1S/C28H34N6O4/c35-28(36)32(19-24-8-10-27(11-9-24)34(37)38)15-4-5-23-12-16-31(17-13-23)18-14-26(20-33-22-29-21-30-33)25-6-2-1-3-7-25/h1-11,21-23,26H,12-20H2,(H,35,36). The van der Waals surface area contributed by atoms with Crippen molar-refractivity contribution in [3.8, 4) is 0 Å². The summed E-state index contributed by atoms with van der Waals surface area (Å²) in [6.07, 6.45) is 9.54. The molecule has 1 N–H and O–H groups in total. The van der Waals surface area contributed by atoms with Crippen molar-refractivity contribution in [3.63, 3.8) is 0 Å². The fourth-order valence-electron chi connectivity index (χ4n) is 4.88. The summed E-state index contributed by atoms with van der Waals surface area (Å²) in [6.45, 7) is 4.34. The van der Waals surface area contributed by atoms with Crippen molar-refractivity contribution in [1.82, 2.24) is 24.6 Å². The van der Waals surface area contributed by atoms with E-state index in [9.17, 15) is 20.0 Å². The highest BCUT2D eigenvalue weighted by atomic mass is 16.6. The van der Waals surface area contributed by atoms with Gasteiger partial charge in [0.05, 0.1) is 4.92 Å². The summed E-state index contributed by atoms with van der Waals surface area (Å²) in [4.78, 5) is 30.0. The molecule has 1 aromatic heterocycles. The second-order valence-corrected chi connectivity index (χ2v) is 9.71. The lowest BCUT2D eigenvalue weighted by Crippen LogP contribution is -2.35. The van der Waals surface area contributed by atoms with Gasteiger partial charge in [-0.1, -0.05) is 54.6 Å². The average molecular weight is 519 g/mol. The highest BCUT2D eigenvalue weighted by molar-refractivity contribution is 5.65. The van der Waals surface area contributed by atoms with Crippen LogP contribution in [0.15, 0.2) is 79.4 Å². The quantitative estimate of drug-likeness (QED) is 0.208. The van der Waals surface area contributed by atoms with E-state index in [2.05, 4.69) is 45.3 Å². The van der Waals surface area contributed by atoms with Gasteiger partial charge in [0.2, 0.25) is 0 Å². The Morgan fingerprint density at radius 2 is 1.89 bits per heavy atom. The molecule has 1 amide bonds. The number of allylic oxidation sites excluding steroid dienone is 1. The molecule has 38 heavy (non-hydrogen) atoms. The summed E-state index contributed by atoms with van der Waals surface area (Å²) < 4.78 is 1.90. The van der Waals surface area contributed by atoms with E-state index < -0.39 is 11.0 Å².